The summed E-state index contributed by atoms with van der Waals surface area (Å²) in [7, 11) is 0. The molecule has 5 heteroatoms. The molecule has 0 aliphatic carbocycles. The number of hydrogen-bond donors (Lipinski definition) is 0. The molecule has 2 amide bonds. The van der Waals surface area contributed by atoms with E-state index < -0.39 is 17.8 Å². The molecule has 0 saturated carbocycles. The van der Waals surface area contributed by atoms with Crippen LogP contribution in [0.3, 0.4) is 0 Å². The predicted molar refractivity (Wildman–Crippen MR) is 75.2 cm³/mol. The van der Waals surface area contributed by atoms with Crippen LogP contribution < -0.4 is 0 Å². The van der Waals surface area contributed by atoms with E-state index in [-0.39, 0.29) is 11.1 Å². The molecule has 0 aliphatic rings. The zero-order valence-electron chi connectivity index (χ0n) is 11.4. The van der Waals surface area contributed by atoms with Crippen LogP contribution in [0.25, 0.3) is 0 Å². The highest BCUT2D eigenvalue weighted by atomic mass is 16.7. The van der Waals surface area contributed by atoms with Gasteiger partial charge in [-0.05, 0) is 24.3 Å². The fourth-order valence-corrected chi connectivity index (χ4v) is 1.70. The highest BCUT2D eigenvalue weighted by Gasteiger charge is 2.27. The van der Waals surface area contributed by atoms with Crippen LogP contribution in [0, 0.1) is 0 Å². The molecule has 0 spiro atoms. The average molecular weight is 283 g/mol. The third-order valence-electron chi connectivity index (χ3n) is 2.63. The highest BCUT2D eigenvalue weighted by molar-refractivity contribution is 6.09. The second kappa shape index (κ2) is 6.47. The van der Waals surface area contributed by atoms with Crippen LogP contribution in [-0.4, -0.2) is 22.8 Å². The Morgan fingerprint density at radius 2 is 1.14 bits per heavy atom. The third kappa shape index (κ3) is 3.54. The van der Waals surface area contributed by atoms with E-state index in [0.29, 0.717) is 5.06 Å². The minimum Gasteiger partial charge on any atom is -0.330 e. The van der Waals surface area contributed by atoms with E-state index in [1.165, 1.54) is 24.3 Å². The average Bonchev–Trinajstić information content (AvgIpc) is 2.53. The highest BCUT2D eigenvalue weighted by Crippen LogP contribution is 2.11. The first kappa shape index (κ1) is 14.5. The van der Waals surface area contributed by atoms with E-state index in [9.17, 15) is 14.4 Å². The van der Waals surface area contributed by atoms with Gasteiger partial charge in [0, 0.05) is 18.1 Å². The van der Waals surface area contributed by atoms with E-state index in [1.807, 2.05) is 0 Å². The van der Waals surface area contributed by atoms with Gasteiger partial charge in [0.25, 0.3) is 11.8 Å². The lowest BCUT2D eigenvalue weighted by Gasteiger charge is -2.18. The molecule has 2 aromatic rings. The molecular weight excluding hydrogens is 270 g/mol. The van der Waals surface area contributed by atoms with Crippen LogP contribution in [0.15, 0.2) is 60.7 Å². The van der Waals surface area contributed by atoms with Crippen molar-refractivity contribution in [3.05, 3.63) is 71.8 Å². The van der Waals surface area contributed by atoms with Crippen molar-refractivity contribution in [3.63, 3.8) is 0 Å². The predicted octanol–water partition coefficient (Wildman–Crippen LogP) is 2.45. The van der Waals surface area contributed by atoms with E-state index >= 15 is 0 Å². The lowest BCUT2D eigenvalue weighted by molar-refractivity contribution is -0.166. The number of nitrogens with zero attached hydrogens (tertiary/aromatic N) is 1. The molecule has 0 bridgehead atoms. The Balaban J connectivity index is 2.33. The summed E-state index contributed by atoms with van der Waals surface area (Å²) in [6.45, 7) is 1.13. The van der Waals surface area contributed by atoms with Crippen molar-refractivity contribution in [2.24, 2.45) is 0 Å². The second-order valence-electron chi connectivity index (χ2n) is 4.22. The molecule has 0 N–H and O–H groups in total. The summed E-state index contributed by atoms with van der Waals surface area (Å²) in [5.74, 6) is -2.14. The number of carbonyl (C=O) groups is 3. The molecule has 0 saturated heterocycles. The molecule has 2 aromatic carbocycles. The summed E-state index contributed by atoms with van der Waals surface area (Å²) in [6.07, 6.45) is 0. The standard InChI is InChI=1S/C16H13NO4/c1-12(18)21-17(15(19)13-8-4-2-5-9-13)16(20)14-10-6-3-7-11-14/h2-11H,1H3. The van der Waals surface area contributed by atoms with E-state index in [2.05, 4.69) is 0 Å². The molecule has 106 valence electrons. The maximum atomic E-state index is 12.3. The zero-order valence-corrected chi connectivity index (χ0v) is 11.4. The molecule has 0 fully saturated rings. The van der Waals surface area contributed by atoms with Gasteiger partial charge >= 0.3 is 5.97 Å². The number of benzene rings is 2. The molecule has 0 aliphatic heterocycles. The summed E-state index contributed by atoms with van der Waals surface area (Å²) in [6, 6.07) is 16.3. The number of imide groups is 1. The first-order chi connectivity index (χ1) is 10.1. The molecule has 5 nitrogen and oxygen atoms in total. The van der Waals surface area contributed by atoms with Gasteiger partial charge in [0.2, 0.25) is 0 Å². The zero-order chi connectivity index (χ0) is 15.2. The lowest BCUT2D eigenvalue weighted by atomic mass is 10.2. The molecule has 0 atom stereocenters. The summed E-state index contributed by atoms with van der Waals surface area (Å²) in [4.78, 5) is 40.6. The van der Waals surface area contributed by atoms with Gasteiger partial charge in [0.15, 0.2) is 0 Å². The van der Waals surface area contributed by atoms with Crippen molar-refractivity contribution < 1.29 is 19.2 Å². The quantitative estimate of drug-likeness (QED) is 0.627. The fraction of sp³-hybridized carbons (Fsp3) is 0.0625. The number of carbonyl (C=O) groups excluding carboxylic acids is 3. The summed E-state index contributed by atoms with van der Waals surface area (Å²) < 4.78 is 0. The first-order valence-electron chi connectivity index (χ1n) is 6.27. The Hall–Kier alpha value is -2.95. The largest absolute Gasteiger partial charge is 0.330 e. The molecule has 2 rings (SSSR count). The van der Waals surface area contributed by atoms with Crippen molar-refractivity contribution in [1.29, 1.82) is 0 Å². The first-order valence-corrected chi connectivity index (χ1v) is 6.27. The van der Waals surface area contributed by atoms with Crippen LogP contribution >= 0.6 is 0 Å². The SMILES string of the molecule is CC(=O)ON(C(=O)c1ccccc1)C(=O)c1ccccc1. The van der Waals surface area contributed by atoms with Gasteiger partial charge in [-0.1, -0.05) is 41.5 Å². The van der Waals surface area contributed by atoms with Crippen LogP contribution in [0.1, 0.15) is 27.6 Å². The number of hydroxylamine groups is 2. The van der Waals surface area contributed by atoms with Crippen LogP contribution in [0.2, 0.25) is 0 Å². The van der Waals surface area contributed by atoms with Crippen LogP contribution in [-0.2, 0) is 9.63 Å². The van der Waals surface area contributed by atoms with Gasteiger partial charge in [0.1, 0.15) is 0 Å². The van der Waals surface area contributed by atoms with Crippen molar-refractivity contribution in [2.45, 2.75) is 6.92 Å². The van der Waals surface area contributed by atoms with Gasteiger partial charge < -0.3 is 4.84 Å². The minimum absolute atomic E-state index is 0.253. The second-order valence-corrected chi connectivity index (χ2v) is 4.22. The van der Waals surface area contributed by atoms with Crippen molar-refractivity contribution >= 4 is 17.8 Å². The number of hydrogen-bond acceptors (Lipinski definition) is 4. The van der Waals surface area contributed by atoms with Crippen molar-refractivity contribution in [3.8, 4) is 0 Å². The summed E-state index contributed by atoms with van der Waals surface area (Å²) in [5, 5.41) is 0.479. The lowest BCUT2D eigenvalue weighted by Crippen LogP contribution is -2.38. The monoisotopic (exact) mass is 283 g/mol. The Morgan fingerprint density at radius 1 is 0.762 bits per heavy atom. The topological polar surface area (TPSA) is 63.7 Å². The van der Waals surface area contributed by atoms with E-state index in [4.69, 9.17) is 4.84 Å². The Labute approximate surface area is 121 Å². The van der Waals surface area contributed by atoms with Gasteiger partial charge in [0.05, 0.1) is 0 Å². The maximum Gasteiger partial charge on any atom is 0.330 e. The van der Waals surface area contributed by atoms with Crippen molar-refractivity contribution in [1.82, 2.24) is 5.06 Å². The Morgan fingerprint density at radius 3 is 1.48 bits per heavy atom. The van der Waals surface area contributed by atoms with Gasteiger partial charge in [-0.3, -0.25) is 9.59 Å². The normalized spacial score (nSPS) is 9.76. The van der Waals surface area contributed by atoms with Gasteiger partial charge in [-0.2, -0.15) is 0 Å². The summed E-state index contributed by atoms with van der Waals surface area (Å²) in [5.41, 5.74) is 0.506. The van der Waals surface area contributed by atoms with Gasteiger partial charge in [-0.25, -0.2) is 4.79 Å². The number of amides is 2. The molecule has 0 heterocycles. The molecule has 0 unspecified atom stereocenters. The molecule has 21 heavy (non-hydrogen) atoms. The third-order valence-corrected chi connectivity index (χ3v) is 2.63. The van der Waals surface area contributed by atoms with Crippen LogP contribution in [0.5, 0.6) is 0 Å². The molecule has 0 aromatic heterocycles. The molecule has 0 radical (unpaired) electrons. The van der Waals surface area contributed by atoms with E-state index in [0.717, 1.165) is 6.92 Å². The van der Waals surface area contributed by atoms with E-state index in [1.54, 1.807) is 36.4 Å². The van der Waals surface area contributed by atoms with Crippen LogP contribution in [0.4, 0.5) is 0 Å². The smallest absolute Gasteiger partial charge is 0.330 e. The van der Waals surface area contributed by atoms with Crippen molar-refractivity contribution in [2.75, 3.05) is 0 Å². The Kier molecular flexibility index (Phi) is 4.46. The number of rotatable bonds is 2. The minimum atomic E-state index is -0.747. The van der Waals surface area contributed by atoms with Gasteiger partial charge in [-0.15, -0.1) is 0 Å². The fourth-order valence-electron chi connectivity index (χ4n) is 1.70. The summed E-state index contributed by atoms with van der Waals surface area (Å²) >= 11 is 0. The maximum absolute atomic E-state index is 12.3. The Bertz CT molecular complexity index is 601. The molecular formula is C16H13NO4.